The minimum atomic E-state index is -0.102. The van der Waals surface area contributed by atoms with Crippen LogP contribution in [0.3, 0.4) is 0 Å². The first-order chi connectivity index (χ1) is 13.4. The molecule has 0 spiro atoms. The van der Waals surface area contributed by atoms with E-state index in [0.717, 1.165) is 38.7 Å². The lowest BCUT2D eigenvalue weighted by atomic mass is 10.1. The zero-order valence-corrected chi connectivity index (χ0v) is 16.5. The highest BCUT2D eigenvalue weighted by Crippen LogP contribution is 2.36. The molecule has 0 aliphatic carbocycles. The Morgan fingerprint density at radius 2 is 1.93 bits per heavy atom. The Hall–Kier alpha value is -3.25. The van der Waals surface area contributed by atoms with Gasteiger partial charge in [0.2, 0.25) is 5.91 Å². The molecular formula is C22H23N3O2S. The normalized spacial score (nSPS) is 10.5. The van der Waals surface area contributed by atoms with Gasteiger partial charge >= 0.3 is 0 Å². The second kappa shape index (κ2) is 8.63. The molecule has 2 aromatic carbocycles. The predicted octanol–water partition coefficient (Wildman–Crippen LogP) is 4.46. The van der Waals surface area contributed by atoms with Crippen molar-refractivity contribution in [2.24, 2.45) is 0 Å². The minimum Gasteiger partial charge on any atom is -0.508 e. The van der Waals surface area contributed by atoms with Gasteiger partial charge < -0.3 is 21.5 Å². The van der Waals surface area contributed by atoms with Crippen LogP contribution >= 0.6 is 11.3 Å². The highest BCUT2D eigenvalue weighted by Gasteiger charge is 2.11. The molecule has 144 valence electrons. The largest absolute Gasteiger partial charge is 0.508 e. The third kappa shape index (κ3) is 4.92. The number of carbonyl (C=O) groups is 1. The molecule has 0 aliphatic heterocycles. The van der Waals surface area contributed by atoms with Crippen LogP contribution < -0.4 is 16.4 Å². The van der Waals surface area contributed by atoms with Crippen LogP contribution in [0.1, 0.15) is 17.4 Å². The van der Waals surface area contributed by atoms with Crippen LogP contribution in [0.2, 0.25) is 0 Å². The van der Waals surface area contributed by atoms with E-state index in [2.05, 4.69) is 17.2 Å². The van der Waals surface area contributed by atoms with Gasteiger partial charge in [0.05, 0.1) is 10.6 Å². The third-order valence-electron chi connectivity index (χ3n) is 4.19. The number of aromatic hydroxyl groups is 1. The van der Waals surface area contributed by atoms with Gasteiger partial charge in [0, 0.05) is 29.7 Å². The smallest absolute Gasteiger partial charge is 0.221 e. The first kappa shape index (κ1) is 19.5. The fourth-order valence-corrected chi connectivity index (χ4v) is 3.86. The maximum atomic E-state index is 11.3. The number of nitrogens with one attached hydrogen (secondary N) is 2. The summed E-state index contributed by atoms with van der Waals surface area (Å²) in [6.45, 7) is 6.32. The van der Waals surface area contributed by atoms with Gasteiger partial charge in [-0.1, -0.05) is 30.8 Å². The van der Waals surface area contributed by atoms with Gasteiger partial charge in [0.1, 0.15) is 5.75 Å². The number of hydrogen-bond acceptors (Lipinski definition) is 5. The molecule has 0 fully saturated rings. The minimum absolute atomic E-state index is 0.102. The van der Waals surface area contributed by atoms with E-state index in [1.54, 1.807) is 23.5 Å². The molecule has 1 heterocycles. The number of benzene rings is 2. The Morgan fingerprint density at radius 3 is 2.64 bits per heavy atom. The molecule has 1 amide bonds. The van der Waals surface area contributed by atoms with E-state index in [4.69, 9.17) is 5.73 Å². The lowest BCUT2D eigenvalue weighted by molar-refractivity contribution is -0.114. The van der Waals surface area contributed by atoms with E-state index in [-0.39, 0.29) is 11.7 Å². The third-order valence-corrected chi connectivity index (χ3v) is 5.45. The van der Waals surface area contributed by atoms with Crippen LogP contribution in [0.4, 0.5) is 11.4 Å². The van der Waals surface area contributed by atoms with Crippen molar-refractivity contribution in [2.75, 3.05) is 17.6 Å². The summed E-state index contributed by atoms with van der Waals surface area (Å²) in [6.07, 6.45) is 0.816. The SMILES string of the molecule is C=C(NCCc1ccc(O)cc1)c1sc(-c2cccc(NC(C)=O)c2)cc1N. The van der Waals surface area contributed by atoms with Crippen molar-refractivity contribution in [3.8, 4) is 16.2 Å². The Labute approximate surface area is 168 Å². The summed E-state index contributed by atoms with van der Waals surface area (Å²) in [5.41, 5.74) is 10.5. The van der Waals surface area contributed by atoms with Crippen LogP contribution in [0.5, 0.6) is 5.75 Å². The fourth-order valence-electron chi connectivity index (χ4n) is 2.84. The summed E-state index contributed by atoms with van der Waals surface area (Å²) in [5, 5.41) is 15.5. The van der Waals surface area contributed by atoms with Crippen LogP contribution in [-0.4, -0.2) is 17.6 Å². The number of phenolic OH excluding ortho intramolecular Hbond substituents is 1. The van der Waals surface area contributed by atoms with Gasteiger partial charge in [0.15, 0.2) is 0 Å². The highest BCUT2D eigenvalue weighted by atomic mass is 32.1. The Bertz CT molecular complexity index is 993. The van der Waals surface area contributed by atoms with Gasteiger partial charge in [-0.05, 0) is 47.9 Å². The first-order valence-electron chi connectivity index (χ1n) is 8.91. The molecule has 0 aliphatic rings. The molecule has 1 aromatic heterocycles. The molecular weight excluding hydrogens is 370 g/mol. The average molecular weight is 394 g/mol. The van der Waals surface area contributed by atoms with E-state index < -0.39 is 0 Å². The van der Waals surface area contributed by atoms with Crippen molar-refractivity contribution >= 4 is 34.3 Å². The molecule has 0 atom stereocenters. The maximum Gasteiger partial charge on any atom is 0.221 e. The van der Waals surface area contributed by atoms with Gasteiger partial charge in [-0.3, -0.25) is 4.79 Å². The number of carbonyl (C=O) groups excluding carboxylic acids is 1. The molecule has 28 heavy (non-hydrogen) atoms. The average Bonchev–Trinajstić information content (AvgIpc) is 3.05. The topological polar surface area (TPSA) is 87.4 Å². The zero-order chi connectivity index (χ0) is 20.1. The first-order valence-corrected chi connectivity index (χ1v) is 9.72. The lowest BCUT2D eigenvalue weighted by Gasteiger charge is -2.09. The lowest BCUT2D eigenvalue weighted by Crippen LogP contribution is -2.15. The second-order valence-corrected chi connectivity index (χ2v) is 7.53. The zero-order valence-electron chi connectivity index (χ0n) is 15.7. The number of rotatable bonds is 7. The van der Waals surface area contributed by atoms with Crippen molar-refractivity contribution in [3.05, 3.63) is 71.6 Å². The van der Waals surface area contributed by atoms with Crippen LogP contribution in [0.25, 0.3) is 16.1 Å². The molecule has 0 saturated heterocycles. The number of nitrogens with two attached hydrogens (primary N) is 1. The van der Waals surface area contributed by atoms with Crippen molar-refractivity contribution < 1.29 is 9.90 Å². The van der Waals surface area contributed by atoms with Gasteiger partial charge in [-0.2, -0.15) is 0 Å². The molecule has 0 bridgehead atoms. The molecule has 0 radical (unpaired) electrons. The second-order valence-electron chi connectivity index (χ2n) is 6.48. The Kier molecular flexibility index (Phi) is 6.01. The van der Waals surface area contributed by atoms with Crippen LogP contribution in [-0.2, 0) is 11.2 Å². The van der Waals surface area contributed by atoms with Crippen LogP contribution in [0.15, 0.2) is 61.2 Å². The Morgan fingerprint density at radius 1 is 1.18 bits per heavy atom. The molecule has 5 nitrogen and oxygen atoms in total. The number of phenols is 1. The summed E-state index contributed by atoms with van der Waals surface area (Å²) >= 11 is 1.56. The highest BCUT2D eigenvalue weighted by molar-refractivity contribution is 7.17. The molecule has 3 aromatic rings. The number of amides is 1. The van der Waals surface area contributed by atoms with E-state index in [1.807, 2.05) is 42.5 Å². The number of hydrogen-bond donors (Lipinski definition) is 4. The standard InChI is InChI=1S/C22H23N3O2S/c1-14(24-11-10-16-6-8-19(27)9-7-16)22-20(23)13-21(28-22)17-4-3-5-18(12-17)25-15(2)26/h3-9,12-13,24,27H,1,10-11,23H2,2H3,(H,25,26). The summed E-state index contributed by atoms with van der Waals surface area (Å²) in [6, 6.07) is 16.8. The fraction of sp³-hybridized carbons (Fsp3) is 0.136. The van der Waals surface area contributed by atoms with E-state index in [0.29, 0.717) is 12.2 Å². The van der Waals surface area contributed by atoms with E-state index in [9.17, 15) is 9.90 Å². The predicted molar refractivity (Wildman–Crippen MR) is 117 cm³/mol. The van der Waals surface area contributed by atoms with Gasteiger partial charge in [-0.15, -0.1) is 11.3 Å². The van der Waals surface area contributed by atoms with Crippen molar-refractivity contribution in [1.29, 1.82) is 0 Å². The number of thiophene rings is 1. The molecule has 0 saturated carbocycles. The van der Waals surface area contributed by atoms with Crippen molar-refractivity contribution in [3.63, 3.8) is 0 Å². The summed E-state index contributed by atoms with van der Waals surface area (Å²) in [7, 11) is 0. The van der Waals surface area contributed by atoms with Gasteiger partial charge in [-0.25, -0.2) is 0 Å². The quantitative estimate of drug-likeness (QED) is 0.477. The van der Waals surface area contributed by atoms with E-state index >= 15 is 0 Å². The monoisotopic (exact) mass is 393 g/mol. The van der Waals surface area contributed by atoms with E-state index in [1.165, 1.54) is 6.92 Å². The number of anilines is 2. The number of nitrogen functional groups attached to an aromatic ring is 1. The maximum absolute atomic E-state index is 11.3. The molecule has 0 unspecified atom stereocenters. The molecule has 5 N–H and O–H groups in total. The van der Waals surface area contributed by atoms with Crippen LogP contribution in [0, 0.1) is 0 Å². The summed E-state index contributed by atoms with van der Waals surface area (Å²) in [5.74, 6) is 0.164. The molecule has 3 rings (SSSR count). The Balaban J connectivity index is 1.67. The van der Waals surface area contributed by atoms with Gasteiger partial charge in [0.25, 0.3) is 0 Å². The molecule has 6 heteroatoms. The summed E-state index contributed by atoms with van der Waals surface area (Å²) < 4.78 is 0. The van der Waals surface area contributed by atoms with Crippen molar-refractivity contribution in [1.82, 2.24) is 5.32 Å². The van der Waals surface area contributed by atoms with Crippen molar-refractivity contribution in [2.45, 2.75) is 13.3 Å². The summed E-state index contributed by atoms with van der Waals surface area (Å²) in [4.78, 5) is 13.2.